The zero-order valence-corrected chi connectivity index (χ0v) is 22.3. The average molecular weight is 573 g/mol. The molecule has 1 aliphatic rings. The second kappa shape index (κ2) is 9.93. The van der Waals surface area contributed by atoms with E-state index < -0.39 is 7.81 Å². The number of hydrogen-bond donors (Lipinski definition) is 0. The molecule has 5 aromatic rings. The first-order valence-electron chi connectivity index (χ1n) is 12.9. The van der Waals surface area contributed by atoms with E-state index in [2.05, 4.69) is 125 Å². The van der Waals surface area contributed by atoms with E-state index in [1.807, 2.05) is 0 Å². The van der Waals surface area contributed by atoms with Crippen LogP contribution in [0.25, 0.3) is 16.6 Å². The monoisotopic (exact) mass is 572 g/mol. The molecule has 0 fully saturated rings. The molecule has 0 radical (unpaired) electrons. The zero-order chi connectivity index (χ0) is 28.4. The second-order valence-electron chi connectivity index (χ2n) is 9.63. The van der Waals surface area contributed by atoms with Gasteiger partial charge in [-0.3, -0.25) is 0 Å². The Morgan fingerprint density at radius 1 is 0.550 bits per heavy atom. The third kappa shape index (κ3) is 6.80. The molecule has 1 aliphatic carbocycles. The Morgan fingerprint density at radius 2 is 1.00 bits per heavy atom. The van der Waals surface area contributed by atoms with Gasteiger partial charge in [0.1, 0.15) is 0 Å². The smallest absolute Gasteiger partial charge is 0.220 e. The van der Waals surface area contributed by atoms with Gasteiger partial charge in [0.2, 0.25) is 11.2 Å². The Bertz CT molecular complexity index is 1580. The van der Waals surface area contributed by atoms with Crippen molar-refractivity contribution < 1.29 is 29.7 Å². The maximum absolute atomic E-state index is 10.7. The molecule has 6 rings (SSSR count). The van der Waals surface area contributed by atoms with Crippen LogP contribution < -0.4 is 9.47 Å². The summed E-state index contributed by atoms with van der Waals surface area (Å²) < 4.78 is 61.7. The minimum absolute atomic E-state index is 1.10. The van der Waals surface area contributed by atoms with Crippen LogP contribution in [0.15, 0.2) is 115 Å². The molecule has 0 aliphatic heterocycles. The summed E-state index contributed by atoms with van der Waals surface area (Å²) >= 11 is 0. The van der Waals surface area contributed by atoms with Crippen LogP contribution in [0.1, 0.15) is 24.1 Å². The van der Waals surface area contributed by atoms with Gasteiger partial charge in [-0.1, -0.05) is 66.7 Å². The van der Waals surface area contributed by atoms with Gasteiger partial charge in [-0.15, -0.1) is 0 Å². The Kier molecular flexibility index (Phi) is 6.87. The van der Waals surface area contributed by atoms with Gasteiger partial charge in [-0.25, -0.2) is 0 Å². The van der Waals surface area contributed by atoms with Crippen LogP contribution in [-0.2, 0) is 12.8 Å². The molecule has 0 saturated carbocycles. The minimum Gasteiger partial charge on any atom is -0.309 e. The van der Waals surface area contributed by atoms with E-state index in [0.717, 1.165) is 12.8 Å². The summed E-state index contributed by atoms with van der Waals surface area (Å²) in [5.74, 6) is 0. The van der Waals surface area contributed by atoms with Crippen molar-refractivity contribution in [3.05, 3.63) is 127 Å². The number of fused-ring (bicyclic) bond motifs is 2. The van der Waals surface area contributed by atoms with E-state index in [0.29, 0.717) is 0 Å². The third-order valence-corrected chi connectivity index (χ3v) is 6.66. The van der Waals surface area contributed by atoms with Gasteiger partial charge in [-0.05, 0) is 49.6 Å². The number of anilines is 3. The van der Waals surface area contributed by atoms with Gasteiger partial charge in [0.15, 0.2) is 5.69 Å². The van der Waals surface area contributed by atoms with Crippen molar-refractivity contribution in [2.24, 2.45) is 0 Å². The Morgan fingerprint density at radius 3 is 1.55 bits per heavy atom. The summed E-state index contributed by atoms with van der Waals surface area (Å²) in [6, 6.07) is 41.3. The summed E-state index contributed by atoms with van der Waals surface area (Å²) in [4.78, 5) is 2.46. The summed E-state index contributed by atoms with van der Waals surface area (Å²) in [5, 5.41) is 1.29. The molecule has 0 amide bonds. The Balaban J connectivity index is 0.000000411. The number of aromatic nitrogens is 1. The largest absolute Gasteiger partial charge is 0.309 e. The quantitative estimate of drug-likeness (QED) is 0.118. The second-order valence-corrected chi connectivity index (χ2v) is 11.6. The maximum Gasteiger partial charge on any atom is 0.220 e. The molecule has 0 unspecified atom stereocenters. The number of rotatable bonds is 4. The van der Waals surface area contributed by atoms with Crippen LogP contribution in [0.4, 0.5) is 42.2 Å². The first-order chi connectivity index (χ1) is 18.9. The van der Waals surface area contributed by atoms with Crippen LogP contribution in [0, 0.1) is 0 Å². The van der Waals surface area contributed by atoms with E-state index in [-0.39, 0.29) is 0 Å². The number of para-hydroxylation sites is 4. The topological polar surface area (TPSA) is 7.12 Å². The predicted octanol–water partition coefficient (Wildman–Crippen LogP) is 10.8. The van der Waals surface area contributed by atoms with E-state index in [1.165, 1.54) is 57.8 Å². The van der Waals surface area contributed by atoms with Gasteiger partial charge in [0.05, 0.1) is 11.1 Å². The number of hydrogen-bond acceptors (Lipinski definition) is 1. The van der Waals surface area contributed by atoms with Crippen molar-refractivity contribution in [2.45, 2.75) is 25.7 Å². The van der Waals surface area contributed by atoms with Gasteiger partial charge >= 0.3 is 33.0 Å². The van der Waals surface area contributed by atoms with Crippen LogP contribution in [0.5, 0.6) is 0 Å². The van der Waals surface area contributed by atoms with E-state index in [1.54, 1.807) is 0 Å². The molecule has 9 heteroatoms. The molecule has 40 heavy (non-hydrogen) atoms. The van der Waals surface area contributed by atoms with Gasteiger partial charge < -0.3 is 4.90 Å². The Hall–Kier alpha value is -3.90. The first-order valence-corrected chi connectivity index (χ1v) is 14.9. The van der Waals surface area contributed by atoms with Crippen molar-refractivity contribution in [1.29, 1.82) is 0 Å². The maximum atomic E-state index is 9.87. The van der Waals surface area contributed by atoms with E-state index >= 15 is 0 Å². The van der Waals surface area contributed by atoms with Crippen molar-refractivity contribution in [3.63, 3.8) is 0 Å². The van der Waals surface area contributed by atoms with Gasteiger partial charge in [0, 0.05) is 41.6 Å². The van der Waals surface area contributed by atoms with Gasteiger partial charge in [0.25, 0.3) is 0 Å². The number of nitrogens with zero attached hydrogens (tertiary/aromatic N) is 2. The SMILES string of the molecule is F[P-](F)(F)(F)(F)F.c1ccc(N(c2ccccc2)c2c3c([n+](-c4ccccc4)c4ccccc24)CCCC3)cc1. The van der Waals surface area contributed by atoms with Crippen molar-refractivity contribution in [3.8, 4) is 5.69 Å². The van der Waals surface area contributed by atoms with Gasteiger partial charge in [-0.2, -0.15) is 4.57 Å². The molecule has 0 atom stereocenters. The van der Waals surface area contributed by atoms with Crippen molar-refractivity contribution in [2.75, 3.05) is 4.90 Å². The first kappa shape index (κ1) is 27.7. The predicted molar refractivity (Wildman–Crippen MR) is 150 cm³/mol. The number of benzene rings is 4. The van der Waals surface area contributed by atoms with Crippen molar-refractivity contribution in [1.82, 2.24) is 0 Å². The van der Waals surface area contributed by atoms with Crippen molar-refractivity contribution >= 4 is 35.8 Å². The molecule has 2 nitrogen and oxygen atoms in total. The minimum atomic E-state index is -10.7. The average Bonchev–Trinajstić information content (AvgIpc) is 2.93. The molecular formula is C31H27F6N2P. The Labute approximate surface area is 228 Å². The fraction of sp³-hybridized carbons (Fsp3) is 0.129. The van der Waals surface area contributed by atoms with Crippen LogP contribution >= 0.6 is 7.81 Å². The fourth-order valence-electron chi connectivity index (χ4n) is 5.26. The zero-order valence-electron chi connectivity index (χ0n) is 21.4. The van der Waals surface area contributed by atoms with Crippen LogP contribution in [0.2, 0.25) is 0 Å². The standard InChI is InChI=1S/C31H27N2.F6P/c1-4-14-24(15-5-1)32(25-16-6-2-7-17-25)31-27-20-10-12-22-29(27)33(26-18-8-3-9-19-26)30-23-13-11-21-28(30)31;1-7(2,3,4,5)6/h1-10,12,14-20,22H,11,13,21,23H2;/q+1;-1. The molecule has 1 aromatic heterocycles. The number of pyridine rings is 1. The van der Waals surface area contributed by atoms with E-state index in [4.69, 9.17) is 0 Å². The molecule has 0 saturated heterocycles. The fourth-order valence-corrected chi connectivity index (χ4v) is 5.26. The molecule has 0 spiro atoms. The number of halogens is 6. The summed E-state index contributed by atoms with van der Waals surface area (Å²) in [5.41, 5.74) is 9.12. The van der Waals surface area contributed by atoms with Crippen LogP contribution in [-0.4, -0.2) is 0 Å². The summed E-state index contributed by atoms with van der Waals surface area (Å²) in [6.45, 7) is 0. The molecule has 1 heterocycles. The molecule has 0 N–H and O–H groups in total. The van der Waals surface area contributed by atoms with E-state index in [9.17, 15) is 25.2 Å². The normalized spacial score (nSPS) is 14.8. The summed E-state index contributed by atoms with van der Waals surface area (Å²) in [6.07, 6.45) is 4.65. The molecule has 0 bridgehead atoms. The molecular weight excluding hydrogens is 545 g/mol. The summed E-state index contributed by atoms with van der Waals surface area (Å²) in [7, 11) is -10.7. The van der Waals surface area contributed by atoms with Crippen LogP contribution in [0.3, 0.4) is 0 Å². The third-order valence-electron chi connectivity index (χ3n) is 6.66. The molecule has 208 valence electrons. The molecule has 4 aromatic carbocycles.